The summed E-state index contributed by atoms with van der Waals surface area (Å²) >= 11 is 2.13. The molecule has 0 unspecified atom stereocenters. The highest BCUT2D eigenvalue weighted by molar-refractivity contribution is 14.1. The second-order valence-corrected chi connectivity index (χ2v) is 5.34. The van der Waals surface area contributed by atoms with Crippen molar-refractivity contribution in [2.45, 2.75) is 0 Å². The van der Waals surface area contributed by atoms with Crippen molar-refractivity contribution in [2.24, 2.45) is 0 Å². The lowest BCUT2D eigenvalue weighted by atomic mass is 10.3. The summed E-state index contributed by atoms with van der Waals surface area (Å²) in [4.78, 5) is 47.4. The van der Waals surface area contributed by atoms with Crippen LogP contribution in [-0.4, -0.2) is 47.1 Å². The first-order valence-corrected chi connectivity index (χ1v) is 6.67. The number of anilines is 1. The minimum Gasteiger partial charge on any atom is -0.325 e. The molecule has 1 N–H and O–H groups in total. The number of benzene rings is 1. The zero-order chi connectivity index (χ0) is 14.9. The number of imide groups is 2. The van der Waals surface area contributed by atoms with Gasteiger partial charge in [0.25, 0.3) is 0 Å². The smallest absolute Gasteiger partial charge is 0.325 e. The summed E-state index contributed by atoms with van der Waals surface area (Å²) in [5.74, 6) is -2.47. The third-order valence-corrected chi connectivity index (χ3v) is 3.40. The number of hydrogen-bond acceptors (Lipinski definition) is 4. The van der Waals surface area contributed by atoms with Crippen LogP contribution in [0.25, 0.3) is 0 Å². The van der Waals surface area contributed by atoms with Gasteiger partial charge < -0.3 is 5.32 Å². The molecule has 0 bridgehead atoms. The Bertz CT molecular complexity index is 599. The zero-order valence-electron chi connectivity index (χ0n) is 10.4. The third kappa shape index (κ3) is 2.79. The number of urea groups is 1. The molecule has 7 nitrogen and oxygen atoms in total. The molecule has 104 valence electrons. The third-order valence-electron chi connectivity index (χ3n) is 2.68. The van der Waals surface area contributed by atoms with Crippen LogP contribution in [0.5, 0.6) is 0 Å². The van der Waals surface area contributed by atoms with Gasteiger partial charge in [0.1, 0.15) is 6.54 Å². The van der Waals surface area contributed by atoms with Crippen molar-refractivity contribution in [1.82, 2.24) is 9.80 Å². The molecule has 1 saturated heterocycles. The van der Waals surface area contributed by atoms with Crippen LogP contribution in [0.15, 0.2) is 24.3 Å². The van der Waals surface area contributed by atoms with E-state index >= 15 is 0 Å². The highest BCUT2D eigenvalue weighted by Gasteiger charge is 2.42. The van der Waals surface area contributed by atoms with Crippen LogP contribution < -0.4 is 5.32 Å². The second-order valence-electron chi connectivity index (χ2n) is 4.09. The van der Waals surface area contributed by atoms with Crippen molar-refractivity contribution in [1.29, 1.82) is 0 Å². The lowest BCUT2D eigenvalue weighted by Crippen LogP contribution is -2.38. The Kier molecular flexibility index (Phi) is 4.02. The van der Waals surface area contributed by atoms with E-state index in [9.17, 15) is 19.2 Å². The summed E-state index contributed by atoms with van der Waals surface area (Å²) in [5.41, 5.74) is 0.550. The first kappa shape index (κ1) is 14.4. The fourth-order valence-electron chi connectivity index (χ4n) is 1.63. The van der Waals surface area contributed by atoms with Gasteiger partial charge in [-0.3, -0.25) is 19.3 Å². The Morgan fingerprint density at radius 2 is 1.75 bits per heavy atom. The Labute approximate surface area is 128 Å². The molecule has 0 aliphatic carbocycles. The number of carbonyl (C=O) groups is 4. The van der Waals surface area contributed by atoms with E-state index in [1.807, 2.05) is 0 Å². The van der Waals surface area contributed by atoms with Gasteiger partial charge in [0, 0.05) is 16.3 Å². The number of nitrogens with one attached hydrogen (secondary N) is 1. The maximum absolute atomic E-state index is 11.8. The molecule has 0 saturated carbocycles. The van der Waals surface area contributed by atoms with Crippen molar-refractivity contribution in [2.75, 3.05) is 18.9 Å². The van der Waals surface area contributed by atoms with Crippen molar-refractivity contribution in [3.05, 3.63) is 27.8 Å². The summed E-state index contributed by atoms with van der Waals surface area (Å²) in [6.45, 7) is -0.486. The topological polar surface area (TPSA) is 86.8 Å². The minimum absolute atomic E-state index is 0.486. The van der Waals surface area contributed by atoms with Crippen molar-refractivity contribution < 1.29 is 19.2 Å². The number of hydrogen-bond donors (Lipinski definition) is 1. The number of rotatable bonds is 3. The van der Waals surface area contributed by atoms with Crippen molar-refractivity contribution in [3.8, 4) is 0 Å². The zero-order valence-corrected chi connectivity index (χ0v) is 12.6. The summed E-state index contributed by atoms with van der Waals surface area (Å²) in [7, 11) is 1.19. The van der Waals surface area contributed by atoms with Crippen LogP contribution in [0.2, 0.25) is 0 Å². The van der Waals surface area contributed by atoms with E-state index in [1.54, 1.807) is 24.3 Å². The van der Waals surface area contributed by atoms with Gasteiger partial charge in [-0.05, 0) is 46.9 Å². The van der Waals surface area contributed by atoms with E-state index in [-0.39, 0.29) is 0 Å². The molecule has 1 aromatic carbocycles. The number of amides is 5. The van der Waals surface area contributed by atoms with Gasteiger partial charge >= 0.3 is 17.8 Å². The highest BCUT2D eigenvalue weighted by atomic mass is 127. The summed E-state index contributed by atoms with van der Waals surface area (Å²) in [6, 6.07) is 6.21. The Hall–Kier alpha value is -1.97. The molecule has 1 aliphatic heterocycles. The van der Waals surface area contributed by atoms with Crippen LogP contribution in [-0.2, 0) is 14.4 Å². The SMILES string of the molecule is CN1C(=O)C(=O)N(CC(=O)Nc2ccc(I)cc2)C1=O. The molecule has 5 amide bonds. The fourth-order valence-corrected chi connectivity index (χ4v) is 1.99. The molecule has 0 atom stereocenters. The van der Waals surface area contributed by atoms with Gasteiger partial charge in [0.2, 0.25) is 5.91 Å². The quantitative estimate of drug-likeness (QED) is 0.469. The normalized spacial score (nSPS) is 15.0. The van der Waals surface area contributed by atoms with Crippen molar-refractivity contribution >= 4 is 52.0 Å². The van der Waals surface area contributed by atoms with Crippen LogP contribution in [0.1, 0.15) is 0 Å². The highest BCUT2D eigenvalue weighted by Crippen LogP contribution is 2.12. The van der Waals surface area contributed by atoms with Gasteiger partial charge in [-0.25, -0.2) is 9.69 Å². The lowest BCUT2D eigenvalue weighted by Gasteiger charge is -2.12. The van der Waals surface area contributed by atoms with Gasteiger partial charge in [-0.1, -0.05) is 0 Å². The Balaban J connectivity index is 2.02. The van der Waals surface area contributed by atoms with E-state index in [1.165, 1.54) is 7.05 Å². The standard InChI is InChI=1S/C12H10IN3O4/c1-15-10(18)11(19)16(12(15)20)6-9(17)14-8-4-2-7(13)3-5-8/h2-5H,6H2,1H3,(H,14,17). The van der Waals surface area contributed by atoms with Gasteiger partial charge in [-0.15, -0.1) is 0 Å². The van der Waals surface area contributed by atoms with Crippen LogP contribution in [0.4, 0.5) is 10.5 Å². The molecule has 2 rings (SSSR count). The maximum Gasteiger partial charge on any atom is 0.334 e. The molecule has 20 heavy (non-hydrogen) atoms. The van der Waals surface area contributed by atoms with E-state index in [2.05, 4.69) is 27.9 Å². The number of likely N-dealkylation sites (N-methyl/N-ethyl adjacent to an activating group) is 1. The van der Waals surface area contributed by atoms with Gasteiger partial charge in [-0.2, -0.15) is 0 Å². The molecule has 1 aliphatic rings. The number of halogens is 1. The molecule has 0 spiro atoms. The van der Waals surface area contributed by atoms with Crippen LogP contribution in [0, 0.1) is 3.57 Å². The largest absolute Gasteiger partial charge is 0.334 e. The molecule has 8 heteroatoms. The molecule has 1 aromatic rings. The van der Waals surface area contributed by atoms with E-state index in [0.717, 1.165) is 3.57 Å². The summed E-state index contributed by atoms with van der Waals surface area (Å²) < 4.78 is 1.01. The molecule has 0 radical (unpaired) electrons. The lowest BCUT2D eigenvalue weighted by molar-refractivity contribution is -0.143. The van der Waals surface area contributed by atoms with Crippen LogP contribution in [0.3, 0.4) is 0 Å². The number of carbonyl (C=O) groups excluding carboxylic acids is 4. The van der Waals surface area contributed by atoms with E-state index in [4.69, 9.17) is 0 Å². The second kappa shape index (κ2) is 5.57. The first-order valence-electron chi connectivity index (χ1n) is 5.59. The van der Waals surface area contributed by atoms with E-state index < -0.39 is 30.3 Å². The molecular weight excluding hydrogens is 377 g/mol. The minimum atomic E-state index is -0.990. The molecule has 1 fully saturated rings. The average Bonchev–Trinajstić information content (AvgIpc) is 2.59. The van der Waals surface area contributed by atoms with Gasteiger partial charge in [0.05, 0.1) is 0 Å². The summed E-state index contributed by atoms with van der Waals surface area (Å²) in [6.07, 6.45) is 0. The van der Waals surface area contributed by atoms with E-state index in [0.29, 0.717) is 15.5 Å². The monoisotopic (exact) mass is 387 g/mol. The Morgan fingerprint density at radius 3 is 2.25 bits per heavy atom. The molecule has 1 heterocycles. The van der Waals surface area contributed by atoms with Gasteiger partial charge in [0.15, 0.2) is 0 Å². The predicted octanol–water partition coefficient (Wildman–Crippen LogP) is 0.650. The summed E-state index contributed by atoms with van der Waals surface area (Å²) in [5, 5.41) is 2.55. The van der Waals surface area contributed by atoms with Crippen LogP contribution >= 0.6 is 22.6 Å². The molecule has 0 aromatic heterocycles. The maximum atomic E-state index is 11.8. The first-order chi connectivity index (χ1) is 9.40. The molecular formula is C12H10IN3O4. The predicted molar refractivity (Wildman–Crippen MR) is 77.7 cm³/mol. The average molecular weight is 387 g/mol. The van der Waals surface area contributed by atoms with Crippen molar-refractivity contribution in [3.63, 3.8) is 0 Å². The Morgan fingerprint density at radius 1 is 1.15 bits per heavy atom. The fraction of sp³-hybridized carbons (Fsp3) is 0.167. The number of nitrogens with zero attached hydrogens (tertiary/aromatic N) is 2.